The number of nitrogens with one attached hydrogen (secondary N) is 1. The van der Waals surface area contributed by atoms with Gasteiger partial charge < -0.3 is 24.3 Å². The molecule has 1 amide bonds. The van der Waals surface area contributed by atoms with Gasteiger partial charge in [0.2, 0.25) is 0 Å². The third-order valence-electron chi connectivity index (χ3n) is 7.62. The Balaban J connectivity index is 1.39. The van der Waals surface area contributed by atoms with E-state index in [9.17, 15) is 4.79 Å². The number of benzene rings is 2. The minimum absolute atomic E-state index is 0.0310. The summed E-state index contributed by atoms with van der Waals surface area (Å²) in [5.74, 6) is 2.78. The van der Waals surface area contributed by atoms with Gasteiger partial charge in [-0.05, 0) is 68.6 Å². The number of carbonyl (C=O) groups is 1. The number of methoxy groups -OCH3 is 1. The molecule has 0 aliphatic carbocycles. The van der Waals surface area contributed by atoms with Crippen molar-refractivity contribution in [1.82, 2.24) is 10.2 Å². The minimum Gasteiger partial charge on any atom is -0.496 e. The van der Waals surface area contributed by atoms with Crippen LogP contribution in [-0.2, 0) is 4.74 Å². The Bertz CT molecular complexity index is 1060. The first kappa shape index (κ1) is 23.8. The van der Waals surface area contributed by atoms with Crippen LogP contribution in [0.15, 0.2) is 36.4 Å². The predicted molar refractivity (Wildman–Crippen MR) is 134 cm³/mol. The molecule has 3 fully saturated rings. The quantitative estimate of drug-likeness (QED) is 0.625. The van der Waals surface area contributed by atoms with E-state index in [1.54, 1.807) is 7.11 Å². The molecular weight excluding hydrogens is 444 g/mol. The molecule has 0 radical (unpaired) electrons. The van der Waals surface area contributed by atoms with Gasteiger partial charge in [0.15, 0.2) is 0 Å². The van der Waals surface area contributed by atoms with Gasteiger partial charge in [-0.3, -0.25) is 4.90 Å². The largest absolute Gasteiger partial charge is 0.496 e. The third kappa shape index (κ3) is 4.79. The van der Waals surface area contributed by atoms with Gasteiger partial charge in [0, 0.05) is 23.1 Å². The van der Waals surface area contributed by atoms with E-state index >= 15 is 0 Å². The van der Waals surface area contributed by atoms with Crippen molar-refractivity contribution in [2.45, 2.75) is 45.8 Å². The van der Waals surface area contributed by atoms with E-state index < -0.39 is 0 Å². The zero-order chi connectivity index (χ0) is 24.6. The van der Waals surface area contributed by atoms with Crippen LogP contribution in [0.5, 0.6) is 17.2 Å². The molecule has 1 unspecified atom stereocenters. The molecule has 3 saturated heterocycles. The Hall–Kier alpha value is -2.93. The van der Waals surface area contributed by atoms with Crippen molar-refractivity contribution >= 4 is 6.09 Å². The summed E-state index contributed by atoms with van der Waals surface area (Å²) in [5, 5.41) is 3.17. The van der Waals surface area contributed by atoms with Gasteiger partial charge in [-0.15, -0.1) is 0 Å². The van der Waals surface area contributed by atoms with E-state index in [-0.39, 0.29) is 23.7 Å². The molecule has 0 saturated carbocycles. The molecule has 2 aromatic carbocycles. The maximum Gasteiger partial charge on any atom is 0.407 e. The fraction of sp³-hybridized carbons (Fsp3) is 0.536. The van der Waals surface area contributed by atoms with Gasteiger partial charge in [0.25, 0.3) is 0 Å². The molecule has 188 valence electrons. The number of nitrogens with zero attached hydrogens (tertiary/aromatic N) is 1. The van der Waals surface area contributed by atoms with Gasteiger partial charge >= 0.3 is 6.09 Å². The highest BCUT2D eigenvalue weighted by atomic mass is 16.6. The van der Waals surface area contributed by atoms with Crippen LogP contribution in [0, 0.1) is 11.3 Å². The van der Waals surface area contributed by atoms with Gasteiger partial charge in [-0.1, -0.05) is 26.0 Å². The lowest BCUT2D eigenvalue weighted by atomic mass is 9.78. The molecule has 4 aliphatic rings. The number of fused-ring (bicyclic) bond motifs is 4. The Kier molecular flexibility index (Phi) is 6.53. The van der Waals surface area contributed by atoms with Gasteiger partial charge in [0.05, 0.1) is 26.4 Å². The van der Waals surface area contributed by atoms with Crippen LogP contribution in [0.4, 0.5) is 4.79 Å². The second-order valence-corrected chi connectivity index (χ2v) is 10.5. The van der Waals surface area contributed by atoms with E-state index in [0.717, 1.165) is 66.4 Å². The fourth-order valence-corrected chi connectivity index (χ4v) is 5.59. The molecule has 7 heteroatoms. The SMILES string of the molecule is CCOc1ccc(-c2cc3c(cc2OC)C(NC(=O)O[C@H]2CN4CCC2CC4)C(C)(C)CO3)cc1. The van der Waals surface area contributed by atoms with Crippen LogP contribution in [0.3, 0.4) is 0 Å². The molecule has 2 bridgehead atoms. The van der Waals surface area contributed by atoms with Crippen LogP contribution in [0.2, 0.25) is 0 Å². The molecule has 35 heavy (non-hydrogen) atoms. The topological polar surface area (TPSA) is 69.3 Å². The molecule has 1 N–H and O–H groups in total. The number of rotatable bonds is 6. The lowest BCUT2D eigenvalue weighted by Gasteiger charge is -2.44. The maximum atomic E-state index is 13.0. The van der Waals surface area contributed by atoms with Crippen LogP contribution in [0.25, 0.3) is 11.1 Å². The zero-order valence-electron chi connectivity index (χ0n) is 21.1. The summed E-state index contributed by atoms with van der Waals surface area (Å²) in [6.45, 7) is 10.3. The Labute approximate surface area is 207 Å². The normalized spacial score (nSPS) is 26.3. The van der Waals surface area contributed by atoms with E-state index in [1.807, 2.05) is 43.3 Å². The first-order valence-electron chi connectivity index (χ1n) is 12.7. The smallest absolute Gasteiger partial charge is 0.407 e. The van der Waals surface area contributed by atoms with Crippen LogP contribution < -0.4 is 19.5 Å². The van der Waals surface area contributed by atoms with Gasteiger partial charge in [0.1, 0.15) is 23.4 Å². The van der Waals surface area contributed by atoms with Crippen molar-refractivity contribution in [2.75, 3.05) is 40.0 Å². The van der Waals surface area contributed by atoms with Gasteiger partial charge in [-0.25, -0.2) is 4.79 Å². The zero-order valence-corrected chi connectivity index (χ0v) is 21.1. The number of piperidine rings is 3. The van der Waals surface area contributed by atoms with Crippen LogP contribution in [0.1, 0.15) is 45.2 Å². The first-order valence-corrected chi connectivity index (χ1v) is 12.7. The van der Waals surface area contributed by atoms with E-state index in [4.69, 9.17) is 18.9 Å². The average molecular weight is 481 g/mol. The van der Waals surface area contributed by atoms with E-state index in [1.165, 1.54) is 0 Å². The Morgan fingerprint density at radius 3 is 2.54 bits per heavy atom. The number of alkyl carbamates (subject to hydrolysis) is 1. The summed E-state index contributed by atoms with van der Waals surface area (Å²) >= 11 is 0. The Morgan fingerprint density at radius 2 is 1.91 bits per heavy atom. The lowest BCUT2D eigenvalue weighted by Crippen LogP contribution is -2.53. The molecule has 0 spiro atoms. The maximum absolute atomic E-state index is 13.0. The number of hydrogen-bond donors (Lipinski definition) is 1. The molecule has 0 aromatic heterocycles. The lowest BCUT2D eigenvalue weighted by molar-refractivity contribution is -0.0361. The summed E-state index contributed by atoms with van der Waals surface area (Å²) in [5.41, 5.74) is 2.53. The fourth-order valence-electron chi connectivity index (χ4n) is 5.59. The van der Waals surface area contributed by atoms with Crippen molar-refractivity contribution in [1.29, 1.82) is 0 Å². The van der Waals surface area contributed by atoms with E-state index in [2.05, 4.69) is 24.1 Å². The molecule has 2 aromatic rings. The average Bonchev–Trinajstić information content (AvgIpc) is 2.86. The number of hydrogen-bond acceptors (Lipinski definition) is 6. The number of carbonyl (C=O) groups excluding carboxylic acids is 1. The highest BCUT2D eigenvalue weighted by Crippen LogP contribution is 2.47. The number of ether oxygens (including phenoxy) is 4. The van der Waals surface area contributed by atoms with Crippen LogP contribution in [-0.4, -0.2) is 57.1 Å². The molecule has 7 nitrogen and oxygen atoms in total. The van der Waals surface area contributed by atoms with E-state index in [0.29, 0.717) is 19.1 Å². The molecule has 6 rings (SSSR count). The summed E-state index contributed by atoms with van der Waals surface area (Å²) in [4.78, 5) is 15.4. The summed E-state index contributed by atoms with van der Waals surface area (Å²) in [6, 6.07) is 11.7. The molecule has 4 aliphatic heterocycles. The van der Waals surface area contributed by atoms with Crippen molar-refractivity contribution in [2.24, 2.45) is 11.3 Å². The minimum atomic E-state index is -0.357. The summed E-state index contributed by atoms with van der Waals surface area (Å²) < 4.78 is 23.5. The second-order valence-electron chi connectivity index (χ2n) is 10.5. The molecule has 2 atom stereocenters. The monoisotopic (exact) mass is 480 g/mol. The van der Waals surface area contributed by atoms with Crippen molar-refractivity contribution in [3.05, 3.63) is 42.0 Å². The van der Waals surface area contributed by atoms with Crippen molar-refractivity contribution in [3.8, 4) is 28.4 Å². The molecule has 4 heterocycles. The molecular formula is C28H36N2O5. The van der Waals surface area contributed by atoms with Crippen LogP contribution >= 0.6 is 0 Å². The summed E-state index contributed by atoms with van der Waals surface area (Å²) in [7, 11) is 1.67. The second kappa shape index (κ2) is 9.61. The Morgan fingerprint density at radius 1 is 1.17 bits per heavy atom. The highest BCUT2D eigenvalue weighted by Gasteiger charge is 2.41. The van der Waals surface area contributed by atoms with Gasteiger partial charge in [-0.2, -0.15) is 0 Å². The number of amides is 1. The predicted octanol–water partition coefficient (Wildman–Crippen LogP) is 5.04. The van der Waals surface area contributed by atoms with Crippen molar-refractivity contribution < 1.29 is 23.7 Å². The first-order chi connectivity index (χ1) is 16.9. The highest BCUT2D eigenvalue weighted by molar-refractivity contribution is 5.75. The third-order valence-corrected chi connectivity index (χ3v) is 7.62. The standard InChI is InChI=1S/C28H36N2O5/c1-5-33-20-8-6-18(7-9-20)21-14-24-22(15-23(21)32-4)26(28(2,3)17-34-24)29-27(31)35-25-16-30-12-10-19(25)11-13-30/h6-9,14-15,19,25-26H,5,10-13,16-17H2,1-4H3,(H,29,31)/t25-,26?/m0/s1. The summed E-state index contributed by atoms with van der Waals surface area (Å²) in [6.07, 6.45) is 1.82. The van der Waals surface area contributed by atoms with Crippen molar-refractivity contribution in [3.63, 3.8) is 0 Å².